The van der Waals surface area contributed by atoms with Gasteiger partial charge in [-0.25, -0.2) is 8.42 Å². The van der Waals surface area contributed by atoms with Crippen molar-refractivity contribution >= 4 is 40.0 Å². The number of nitrogens with zero attached hydrogens (tertiary/aromatic N) is 2. The molecular formula is C18H37IN4O2S. The molecule has 1 aliphatic heterocycles. The van der Waals surface area contributed by atoms with Crippen molar-refractivity contribution in [2.45, 2.75) is 65.3 Å². The molecule has 2 fully saturated rings. The largest absolute Gasteiger partial charge is 0.357 e. The van der Waals surface area contributed by atoms with Crippen LogP contribution in [0.5, 0.6) is 0 Å². The molecule has 2 N–H and O–H groups in total. The van der Waals surface area contributed by atoms with Crippen LogP contribution >= 0.6 is 24.0 Å². The fourth-order valence-corrected chi connectivity index (χ4v) is 5.40. The number of hydrogen-bond acceptors (Lipinski definition) is 3. The van der Waals surface area contributed by atoms with E-state index in [0.29, 0.717) is 24.4 Å². The maximum atomic E-state index is 11.9. The Morgan fingerprint density at radius 1 is 1.27 bits per heavy atom. The number of halogens is 1. The van der Waals surface area contributed by atoms with Crippen molar-refractivity contribution < 1.29 is 8.42 Å². The highest BCUT2D eigenvalue weighted by Gasteiger charge is 2.37. The third-order valence-electron chi connectivity index (χ3n) is 5.43. The smallest absolute Gasteiger partial charge is 0.211 e. The molecule has 8 heteroatoms. The van der Waals surface area contributed by atoms with E-state index in [0.717, 1.165) is 31.9 Å². The minimum Gasteiger partial charge on any atom is -0.357 e. The number of guanidine groups is 1. The first-order chi connectivity index (χ1) is 11.8. The standard InChI is InChI=1S/C18H36N4O2S.HI/c1-5-19-17(21-14-18(9-7-10-18)12-15(2)3)20-13-16-8-6-11-22(16)25(4,23)24;/h15-16H,5-14H2,1-4H3,(H2,19,20,21);1H/t16-;/m1./s1. The van der Waals surface area contributed by atoms with E-state index in [2.05, 4.69) is 31.4 Å². The van der Waals surface area contributed by atoms with E-state index in [1.807, 2.05) is 0 Å². The Kier molecular flexibility index (Phi) is 9.63. The second kappa shape index (κ2) is 10.5. The average Bonchev–Trinajstić information content (AvgIpc) is 2.95. The maximum Gasteiger partial charge on any atom is 0.211 e. The Labute approximate surface area is 177 Å². The van der Waals surface area contributed by atoms with Gasteiger partial charge in [-0.2, -0.15) is 4.31 Å². The Morgan fingerprint density at radius 2 is 1.96 bits per heavy atom. The van der Waals surface area contributed by atoms with E-state index in [1.165, 1.54) is 31.9 Å². The Morgan fingerprint density at radius 3 is 2.46 bits per heavy atom. The van der Waals surface area contributed by atoms with E-state index in [1.54, 1.807) is 4.31 Å². The van der Waals surface area contributed by atoms with Crippen molar-refractivity contribution in [2.24, 2.45) is 16.3 Å². The molecule has 154 valence electrons. The highest BCUT2D eigenvalue weighted by molar-refractivity contribution is 14.0. The first-order valence-corrected chi connectivity index (χ1v) is 11.6. The van der Waals surface area contributed by atoms with E-state index >= 15 is 0 Å². The van der Waals surface area contributed by atoms with E-state index in [9.17, 15) is 8.42 Å². The van der Waals surface area contributed by atoms with Crippen molar-refractivity contribution in [1.29, 1.82) is 0 Å². The molecule has 0 amide bonds. The minimum atomic E-state index is -3.12. The number of sulfonamides is 1. The van der Waals surface area contributed by atoms with E-state index in [-0.39, 0.29) is 30.0 Å². The summed E-state index contributed by atoms with van der Waals surface area (Å²) in [6.07, 6.45) is 8.26. The zero-order chi connectivity index (χ0) is 18.5. The van der Waals surface area contributed by atoms with Gasteiger partial charge in [0.05, 0.1) is 6.26 Å². The van der Waals surface area contributed by atoms with Crippen LogP contribution in [0.1, 0.15) is 59.3 Å². The predicted octanol–water partition coefficient (Wildman–Crippen LogP) is 2.80. The first-order valence-electron chi connectivity index (χ1n) is 9.75. The van der Waals surface area contributed by atoms with E-state index < -0.39 is 10.0 Å². The summed E-state index contributed by atoms with van der Waals surface area (Å²) in [4.78, 5) is 4.84. The second-order valence-electron chi connectivity index (χ2n) is 8.20. The van der Waals surface area contributed by atoms with Crippen molar-refractivity contribution in [2.75, 3.05) is 32.4 Å². The molecule has 2 rings (SSSR count). The molecule has 0 radical (unpaired) electrons. The van der Waals surface area contributed by atoms with Gasteiger partial charge in [-0.1, -0.05) is 20.3 Å². The summed E-state index contributed by atoms with van der Waals surface area (Å²) < 4.78 is 25.4. The zero-order valence-electron chi connectivity index (χ0n) is 16.8. The molecule has 0 bridgehead atoms. The lowest BCUT2D eigenvalue weighted by Gasteiger charge is -2.42. The quantitative estimate of drug-likeness (QED) is 0.306. The summed E-state index contributed by atoms with van der Waals surface area (Å²) in [5, 5.41) is 6.68. The van der Waals surface area contributed by atoms with Gasteiger partial charge in [0.2, 0.25) is 10.0 Å². The van der Waals surface area contributed by atoms with Gasteiger partial charge in [0, 0.05) is 32.2 Å². The lowest BCUT2D eigenvalue weighted by Crippen LogP contribution is -2.46. The average molecular weight is 500 g/mol. The molecule has 2 aliphatic rings. The molecular weight excluding hydrogens is 463 g/mol. The molecule has 1 aliphatic carbocycles. The summed E-state index contributed by atoms with van der Waals surface area (Å²) in [7, 11) is -3.12. The molecule has 1 saturated heterocycles. The summed E-state index contributed by atoms with van der Waals surface area (Å²) in [5.74, 6) is 1.52. The SMILES string of the molecule is CCNC(=NCC1(CC(C)C)CCC1)NC[C@H]1CCCN1S(C)(=O)=O.I. The number of aliphatic imine (C=N–C) groups is 1. The third-order valence-corrected chi connectivity index (χ3v) is 6.76. The van der Waals surface area contributed by atoms with Crippen LogP contribution in [0.15, 0.2) is 4.99 Å². The number of rotatable bonds is 8. The Bertz CT molecular complexity index is 562. The summed E-state index contributed by atoms with van der Waals surface area (Å²) in [6, 6.07) is 0.0344. The van der Waals surface area contributed by atoms with Gasteiger partial charge in [-0.05, 0) is 50.4 Å². The van der Waals surface area contributed by atoms with Gasteiger partial charge in [0.15, 0.2) is 5.96 Å². The molecule has 0 aromatic carbocycles. The van der Waals surface area contributed by atoms with Crippen molar-refractivity contribution in [1.82, 2.24) is 14.9 Å². The normalized spacial score (nSPS) is 23.4. The molecule has 0 spiro atoms. The molecule has 0 aromatic heterocycles. The summed E-state index contributed by atoms with van der Waals surface area (Å²) in [6.45, 7) is 9.56. The molecule has 0 unspecified atom stereocenters. The van der Waals surface area contributed by atoms with Crippen molar-refractivity contribution in [3.05, 3.63) is 0 Å². The van der Waals surface area contributed by atoms with Crippen LogP contribution in [0.2, 0.25) is 0 Å². The van der Waals surface area contributed by atoms with Crippen molar-refractivity contribution in [3.63, 3.8) is 0 Å². The fourth-order valence-electron chi connectivity index (χ4n) is 4.22. The highest BCUT2D eigenvalue weighted by atomic mass is 127. The van der Waals surface area contributed by atoms with Crippen LogP contribution in [0.25, 0.3) is 0 Å². The summed E-state index contributed by atoms with van der Waals surface area (Å²) in [5.41, 5.74) is 0.378. The molecule has 1 saturated carbocycles. The van der Waals surface area contributed by atoms with Gasteiger partial charge in [0.1, 0.15) is 0 Å². The summed E-state index contributed by atoms with van der Waals surface area (Å²) >= 11 is 0. The second-order valence-corrected chi connectivity index (χ2v) is 10.1. The van der Waals surface area contributed by atoms with Crippen LogP contribution in [0.4, 0.5) is 0 Å². The van der Waals surface area contributed by atoms with Crippen LogP contribution < -0.4 is 10.6 Å². The van der Waals surface area contributed by atoms with Crippen LogP contribution in [-0.2, 0) is 10.0 Å². The van der Waals surface area contributed by atoms with E-state index in [4.69, 9.17) is 4.99 Å². The molecule has 1 atom stereocenters. The Hall–Kier alpha value is -0.0900. The third kappa shape index (κ3) is 6.82. The number of hydrogen-bond donors (Lipinski definition) is 2. The maximum absolute atomic E-state index is 11.9. The van der Waals surface area contributed by atoms with Crippen LogP contribution in [0, 0.1) is 11.3 Å². The van der Waals surface area contributed by atoms with Gasteiger partial charge >= 0.3 is 0 Å². The van der Waals surface area contributed by atoms with Crippen LogP contribution in [0.3, 0.4) is 0 Å². The van der Waals surface area contributed by atoms with Gasteiger partial charge in [-0.3, -0.25) is 4.99 Å². The lowest BCUT2D eigenvalue weighted by molar-refractivity contribution is 0.111. The lowest BCUT2D eigenvalue weighted by atomic mass is 9.64. The number of nitrogens with one attached hydrogen (secondary N) is 2. The molecule has 26 heavy (non-hydrogen) atoms. The van der Waals surface area contributed by atoms with Crippen molar-refractivity contribution in [3.8, 4) is 0 Å². The van der Waals surface area contributed by atoms with Gasteiger partial charge in [-0.15, -0.1) is 24.0 Å². The van der Waals surface area contributed by atoms with Gasteiger partial charge in [0.25, 0.3) is 0 Å². The van der Waals surface area contributed by atoms with Gasteiger partial charge < -0.3 is 10.6 Å². The predicted molar refractivity (Wildman–Crippen MR) is 120 cm³/mol. The monoisotopic (exact) mass is 500 g/mol. The first kappa shape index (κ1) is 23.9. The fraction of sp³-hybridized carbons (Fsp3) is 0.944. The highest BCUT2D eigenvalue weighted by Crippen LogP contribution is 2.46. The molecule has 1 heterocycles. The topological polar surface area (TPSA) is 73.8 Å². The Balaban J connectivity index is 0.00000338. The zero-order valence-corrected chi connectivity index (χ0v) is 19.9. The molecule has 0 aromatic rings. The van der Waals surface area contributed by atoms with Crippen LogP contribution in [-0.4, -0.2) is 57.2 Å². The minimum absolute atomic E-state index is 0. The molecule has 6 nitrogen and oxygen atoms in total.